The topological polar surface area (TPSA) is 44.1 Å². The number of rotatable bonds is 4. The van der Waals surface area contributed by atoms with Gasteiger partial charge in [-0.2, -0.15) is 0 Å². The molecule has 4 rings (SSSR count). The fourth-order valence-electron chi connectivity index (χ4n) is 3.26. The number of para-hydroxylation sites is 1. The number of hydrogen-bond donors (Lipinski definition) is 0. The Hall–Kier alpha value is -3.66. The summed E-state index contributed by atoms with van der Waals surface area (Å²) in [7, 11) is 1.64. The van der Waals surface area contributed by atoms with E-state index in [2.05, 4.69) is 6.92 Å². The first kappa shape index (κ1) is 18.7. The third-order valence-corrected chi connectivity index (χ3v) is 5.09. The molecule has 29 heavy (non-hydrogen) atoms. The van der Waals surface area contributed by atoms with Gasteiger partial charge in [-0.05, 0) is 73.0 Å². The molecule has 0 aliphatic carbocycles. The van der Waals surface area contributed by atoms with E-state index >= 15 is 0 Å². The minimum absolute atomic E-state index is 0.0757. The summed E-state index contributed by atoms with van der Waals surface area (Å²) in [5, 5.41) is 0.604. The SMILES string of the molecule is COc1ccc(/C=C/c2nc3ccccc3c(=O)n2-c2ccc(C)c(C)c2)cc1. The first-order chi connectivity index (χ1) is 14.1. The van der Waals surface area contributed by atoms with Crippen LogP contribution in [-0.2, 0) is 0 Å². The van der Waals surface area contributed by atoms with Gasteiger partial charge in [-0.15, -0.1) is 0 Å². The van der Waals surface area contributed by atoms with Gasteiger partial charge in [0.05, 0.1) is 23.7 Å². The molecule has 3 aromatic carbocycles. The van der Waals surface area contributed by atoms with Crippen molar-refractivity contribution in [2.24, 2.45) is 0 Å². The number of nitrogens with zero attached hydrogens (tertiary/aromatic N) is 2. The van der Waals surface area contributed by atoms with Gasteiger partial charge >= 0.3 is 0 Å². The highest BCUT2D eigenvalue weighted by atomic mass is 16.5. The summed E-state index contributed by atoms with van der Waals surface area (Å²) in [5.74, 6) is 1.39. The molecule has 0 saturated heterocycles. The molecule has 4 aromatic rings. The standard InChI is InChI=1S/C25H22N2O2/c1-17-8-12-20(16-18(17)2)27-24(15-11-19-9-13-21(29-3)14-10-19)26-23-7-5-4-6-22(23)25(27)28/h4-16H,1-3H3/b15-11+. The number of hydrogen-bond acceptors (Lipinski definition) is 3. The van der Waals surface area contributed by atoms with Crippen LogP contribution in [-0.4, -0.2) is 16.7 Å². The first-order valence-corrected chi connectivity index (χ1v) is 9.48. The molecule has 4 heteroatoms. The predicted molar refractivity (Wildman–Crippen MR) is 119 cm³/mol. The first-order valence-electron chi connectivity index (χ1n) is 9.48. The summed E-state index contributed by atoms with van der Waals surface area (Å²) in [4.78, 5) is 18.1. The molecule has 0 fully saturated rings. The maximum absolute atomic E-state index is 13.3. The Morgan fingerprint density at radius 3 is 2.38 bits per heavy atom. The van der Waals surface area contributed by atoms with Crippen molar-refractivity contribution in [3.8, 4) is 11.4 Å². The number of benzene rings is 3. The third kappa shape index (κ3) is 3.69. The normalized spacial score (nSPS) is 11.3. The zero-order chi connectivity index (χ0) is 20.4. The summed E-state index contributed by atoms with van der Waals surface area (Å²) in [6, 6.07) is 21.2. The van der Waals surface area contributed by atoms with Gasteiger partial charge in [-0.3, -0.25) is 9.36 Å². The van der Waals surface area contributed by atoms with Crippen molar-refractivity contribution in [3.63, 3.8) is 0 Å². The van der Waals surface area contributed by atoms with Gasteiger partial charge in [0.1, 0.15) is 11.6 Å². The quantitative estimate of drug-likeness (QED) is 0.488. The van der Waals surface area contributed by atoms with E-state index in [0.29, 0.717) is 16.7 Å². The molecule has 0 amide bonds. The van der Waals surface area contributed by atoms with E-state index < -0.39 is 0 Å². The van der Waals surface area contributed by atoms with Crippen LogP contribution >= 0.6 is 0 Å². The van der Waals surface area contributed by atoms with Crippen LogP contribution in [0.4, 0.5) is 0 Å². The van der Waals surface area contributed by atoms with Crippen LogP contribution in [0.15, 0.2) is 71.5 Å². The largest absolute Gasteiger partial charge is 0.497 e. The lowest BCUT2D eigenvalue weighted by Gasteiger charge is -2.13. The molecule has 0 bridgehead atoms. The van der Waals surface area contributed by atoms with Crippen molar-refractivity contribution in [1.82, 2.24) is 9.55 Å². The van der Waals surface area contributed by atoms with Crippen LogP contribution in [0.25, 0.3) is 28.7 Å². The highest BCUT2D eigenvalue weighted by Crippen LogP contribution is 2.19. The van der Waals surface area contributed by atoms with Gasteiger partial charge in [0, 0.05) is 0 Å². The second kappa shape index (κ2) is 7.76. The Bertz CT molecular complexity index is 1270. The second-order valence-corrected chi connectivity index (χ2v) is 7.00. The van der Waals surface area contributed by atoms with E-state index in [0.717, 1.165) is 22.6 Å². The molecule has 0 aliphatic heterocycles. The van der Waals surface area contributed by atoms with Gasteiger partial charge in [0.2, 0.25) is 0 Å². The van der Waals surface area contributed by atoms with Gasteiger partial charge in [0.15, 0.2) is 0 Å². The van der Waals surface area contributed by atoms with Crippen LogP contribution < -0.4 is 10.3 Å². The monoisotopic (exact) mass is 382 g/mol. The smallest absolute Gasteiger partial charge is 0.266 e. The Kier molecular flexibility index (Phi) is 5.00. The second-order valence-electron chi connectivity index (χ2n) is 7.00. The van der Waals surface area contributed by atoms with E-state index in [-0.39, 0.29) is 5.56 Å². The van der Waals surface area contributed by atoms with E-state index in [1.807, 2.05) is 85.8 Å². The molecule has 0 atom stereocenters. The fourth-order valence-corrected chi connectivity index (χ4v) is 3.26. The van der Waals surface area contributed by atoms with E-state index in [9.17, 15) is 4.79 Å². The Morgan fingerprint density at radius 1 is 0.897 bits per heavy atom. The van der Waals surface area contributed by atoms with Gasteiger partial charge in [0.25, 0.3) is 5.56 Å². The molecule has 1 aromatic heterocycles. The van der Waals surface area contributed by atoms with E-state index in [1.54, 1.807) is 11.7 Å². The molecule has 0 unspecified atom stereocenters. The van der Waals surface area contributed by atoms with E-state index in [4.69, 9.17) is 9.72 Å². The van der Waals surface area contributed by atoms with Crippen LogP contribution in [0.3, 0.4) is 0 Å². The number of aromatic nitrogens is 2. The van der Waals surface area contributed by atoms with Gasteiger partial charge in [-0.1, -0.05) is 36.4 Å². The van der Waals surface area contributed by atoms with Crippen molar-refractivity contribution < 1.29 is 4.74 Å². The molecule has 0 saturated carbocycles. The van der Waals surface area contributed by atoms with Crippen molar-refractivity contribution in [1.29, 1.82) is 0 Å². The third-order valence-electron chi connectivity index (χ3n) is 5.09. The molecule has 0 N–H and O–H groups in total. The average Bonchev–Trinajstić information content (AvgIpc) is 2.75. The molecule has 0 radical (unpaired) electrons. The molecule has 0 aliphatic rings. The number of methoxy groups -OCH3 is 1. The van der Waals surface area contributed by atoms with Crippen molar-refractivity contribution in [3.05, 3.63) is 99.6 Å². The molecular formula is C25H22N2O2. The van der Waals surface area contributed by atoms with Crippen LogP contribution in [0, 0.1) is 13.8 Å². The molecule has 0 spiro atoms. The fraction of sp³-hybridized carbons (Fsp3) is 0.120. The maximum atomic E-state index is 13.3. The number of ether oxygens (including phenoxy) is 1. The minimum Gasteiger partial charge on any atom is -0.497 e. The number of aryl methyl sites for hydroxylation is 2. The Morgan fingerprint density at radius 2 is 1.66 bits per heavy atom. The summed E-state index contributed by atoms with van der Waals surface area (Å²) < 4.78 is 6.89. The lowest BCUT2D eigenvalue weighted by atomic mass is 10.1. The number of fused-ring (bicyclic) bond motifs is 1. The average molecular weight is 382 g/mol. The zero-order valence-electron chi connectivity index (χ0n) is 16.7. The van der Waals surface area contributed by atoms with Gasteiger partial charge in [-0.25, -0.2) is 4.98 Å². The molecule has 1 heterocycles. The lowest BCUT2D eigenvalue weighted by Crippen LogP contribution is -2.22. The molecule has 144 valence electrons. The Labute approximate surface area is 169 Å². The summed E-state index contributed by atoms with van der Waals surface area (Å²) in [6.07, 6.45) is 3.83. The summed E-state index contributed by atoms with van der Waals surface area (Å²) >= 11 is 0. The van der Waals surface area contributed by atoms with E-state index in [1.165, 1.54) is 5.56 Å². The van der Waals surface area contributed by atoms with Crippen molar-refractivity contribution in [2.75, 3.05) is 7.11 Å². The van der Waals surface area contributed by atoms with Gasteiger partial charge < -0.3 is 4.74 Å². The van der Waals surface area contributed by atoms with Crippen LogP contribution in [0.5, 0.6) is 5.75 Å². The Balaban J connectivity index is 1.90. The molecule has 4 nitrogen and oxygen atoms in total. The summed E-state index contributed by atoms with van der Waals surface area (Å²) in [5.41, 5.74) is 4.74. The maximum Gasteiger partial charge on any atom is 0.266 e. The van der Waals surface area contributed by atoms with Crippen molar-refractivity contribution in [2.45, 2.75) is 13.8 Å². The lowest BCUT2D eigenvalue weighted by molar-refractivity contribution is 0.415. The molecular weight excluding hydrogens is 360 g/mol. The van der Waals surface area contributed by atoms with Crippen molar-refractivity contribution >= 4 is 23.1 Å². The minimum atomic E-state index is -0.0757. The highest BCUT2D eigenvalue weighted by molar-refractivity contribution is 5.80. The predicted octanol–water partition coefficient (Wildman–Crippen LogP) is 5.18. The summed E-state index contributed by atoms with van der Waals surface area (Å²) in [6.45, 7) is 4.11. The highest BCUT2D eigenvalue weighted by Gasteiger charge is 2.11. The zero-order valence-corrected chi connectivity index (χ0v) is 16.7. The van der Waals surface area contributed by atoms with Crippen LogP contribution in [0.2, 0.25) is 0 Å². The van der Waals surface area contributed by atoms with Crippen LogP contribution in [0.1, 0.15) is 22.5 Å².